The van der Waals surface area contributed by atoms with Gasteiger partial charge in [0.15, 0.2) is 12.4 Å². The Morgan fingerprint density at radius 1 is 1.03 bits per heavy atom. The normalized spacial score (nSPS) is 25.9. The Bertz CT molecular complexity index is 1340. The van der Waals surface area contributed by atoms with Gasteiger partial charge in [0, 0.05) is 23.7 Å². The van der Waals surface area contributed by atoms with E-state index in [1.807, 2.05) is 4.90 Å². The lowest BCUT2D eigenvalue weighted by atomic mass is 9.65. The molecule has 5 rings (SSSR count). The molecule has 7 nitrogen and oxygen atoms in total. The zero-order valence-corrected chi connectivity index (χ0v) is 20.3. The maximum atomic E-state index is 13.1. The molecule has 2 bridgehead atoms. The van der Waals surface area contributed by atoms with Crippen LogP contribution in [0.25, 0.3) is 0 Å². The van der Waals surface area contributed by atoms with Crippen LogP contribution in [-0.4, -0.2) is 50.2 Å². The molecular formula is C26H27NO6S. The van der Waals surface area contributed by atoms with Gasteiger partial charge in [0.2, 0.25) is 9.84 Å². The molecule has 2 aliphatic heterocycles. The molecule has 2 unspecified atom stereocenters. The summed E-state index contributed by atoms with van der Waals surface area (Å²) in [7, 11) is -3.97. The Morgan fingerprint density at radius 3 is 2.50 bits per heavy atom. The molecular weight excluding hydrogens is 454 g/mol. The van der Waals surface area contributed by atoms with Crippen LogP contribution in [0.5, 0.6) is 0 Å². The van der Waals surface area contributed by atoms with Gasteiger partial charge in [-0.1, -0.05) is 32.9 Å². The number of amides is 1. The number of carbonyl (C=O) groups is 3. The van der Waals surface area contributed by atoms with E-state index in [1.165, 1.54) is 24.3 Å². The first-order valence-electron chi connectivity index (χ1n) is 11.4. The standard InChI is InChI=1S/C26H27NO6S/c1-25(2)11-17-12-26(3,14-25)15-27(17)22(28)13-33-24(30)16-8-9-19-21(10-16)34(31,32)20-7-5-4-6-18(20)23(19)29/h4-10,17H,11-15H2,1-3H3. The van der Waals surface area contributed by atoms with E-state index in [2.05, 4.69) is 20.8 Å². The number of ether oxygens (including phenoxy) is 1. The van der Waals surface area contributed by atoms with Crippen molar-refractivity contribution in [2.45, 2.75) is 55.9 Å². The van der Waals surface area contributed by atoms with Crippen molar-refractivity contribution in [1.82, 2.24) is 4.90 Å². The van der Waals surface area contributed by atoms with Crippen LogP contribution in [0.2, 0.25) is 0 Å². The van der Waals surface area contributed by atoms with Crippen LogP contribution >= 0.6 is 0 Å². The van der Waals surface area contributed by atoms with Gasteiger partial charge in [-0.3, -0.25) is 9.59 Å². The third kappa shape index (κ3) is 3.64. The average molecular weight is 482 g/mol. The van der Waals surface area contributed by atoms with Gasteiger partial charge in [0.05, 0.1) is 15.4 Å². The van der Waals surface area contributed by atoms with Gasteiger partial charge in [0.25, 0.3) is 5.91 Å². The van der Waals surface area contributed by atoms with Gasteiger partial charge in [-0.15, -0.1) is 0 Å². The molecule has 1 saturated heterocycles. The number of hydrogen-bond donors (Lipinski definition) is 0. The number of nitrogens with zero attached hydrogens (tertiary/aromatic N) is 1. The molecule has 2 aromatic rings. The summed E-state index contributed by atoms with van der Waals surface area (Å²) in [5.74, 6) is -1.45. The highest BCUT2D eigenvalue weighted by molar-refractivity contribution is 7.91. The van der Waals surface area contributed by atoms with Crippen LogP contribution in [-0.2, 0) is 19.4 Å². The number of ketones is 1. The number of sulfone groups is 1. The molecule has 0 radical (unpaired) electrons. The number of likely N-dealkylation sites (tertiary alicyclic amines) is 1. The predicted molar refractivity (Wildman–Crippen MR) is 123 cm³/mol. The van der Waals surface area contributed by atoms with Crippen molar-refractivity contribution in [2.24, 2.45) is 10.8 Å². The summed E-state index contributed by atoms with van der Waals surface area (Å²) in [6, 6.07) is 10.00. The first-order valence-corrected chi connectivity index (χ1v) is 12.9. The molecule has 8 heteroatoms. The van der Waals surface area contributed by atoms with Gasteiger partial charge < -0.3 is 9.64 Å². The second-order valence-electron chi connectivity index (χ2n) is 10.9. The molecule has 2 aromatic carbocycles. The van der Waals surface area contributed by atoms with E-state index in [0.29, 0.717) is 6.54 Å². The molecule has 2 atom stereocenters. The zero-order valence-electron chi connectivity index (χ0n) is 19.5. The summed E-state index contributed by atoms with van der Waals surface area (Å²) in [4.78, 5) is 39.9. The van der Waals surface area contributed by atoms with Gasteiger partial charge in [-0.2, -0.15) is 0 Å². The van der Waals surface area contributed by atoms with Crippen molar-refractivity contribution in [3.8, 4) is 0 Å². The molecule has 1 saturated carbocycles. The lowest BCUT2D eigenvalue weighted by molar-refractivity contribution is -0.135. The predicted octanol–water partition coefficient (Wildman–Crippen LogP) is 3.65. The molecule has 0 spiro atoms. The first-order chi connectivity index (χ1) is 15.9. The lowest BCUT2D eigenvalue weighted by Gasteiger charge is -2.39. The minimum Gasteiger partial charge on any atom is -0.452 e. The number of carbonyl (C=O) groups excluding carboxylic acids is 3. The third-order valence-corrected chi connectivity index (χ3v) is 9.09. The van der Waals surface area contributed by atoms with E-state index in [1.54, 1.807) is 12.1 Å². The smallest absolute Gasteiger partial charge is 0.338 e. The summed E-state index contributed by atoms with van der Waals surface area (Å²) in [6.07, 6.45) is 2.92. The quantitative estimate of drug-likeness (QED) is 0.530. The van der Waals surface area contributed by atoms with Crippen LogP contribution < -0.4 is 0 Å². The van der Waals surface area contributed by atoms with Crippen LogP contribution in [0.3, 0.4) is 0 Å². The van der Waals surface area contributed by atoms with E-state index in [4.69, 9.17) is 4.74 Å². The highest BCUT2D eigenvalue weighted by atomic mass is 32.2. The Morgan fingerprint density at radius 2 is 1.74 bits per heavy atom. The second-order valence-corrected chi connectivity index (χ2v) is 12.7. The molecule has 34 heavy (non-hydrogen) atoms. The molecule has 178 valence electrons. The van der Waals surface area contributed by atoms with Crippen LogP contribution in [0, 0.1) is 10.8 Å². The largest absolute Gasteiger partial charge is 0.452 e. The number of esters is 1. The summed E-state index contributed by atoms with van der Waals surface area (Å²) in [6.45, 7) is 6.89. The molecule has 0 aromatic heterocycles. The molecule has 1 amide bonds. The topological polar surface area (TPSA) is 97.8 Å². The first kappa shape index (κ1) is 22.8. The Balaban J connectivity index is 1.33. The lowest BCUT2D eigenvalue weighted by Crippen LogP contribution is -2.39. The third-order valence-electron chi connectivity index (χ3n) is 7.23. The SMILES string of the molecule is CC1(C)CC2CC(C)(CN2C(=O)COC(=O)c2ccc3c(c2)S(=O)(=O)c2ccccc2C3=O)C1. The minimum atomic E-state index is -3.97. The number of fused-ring (bicyclic) bond motifs is 4. The van der Waals surface area contributed by atoms with Crippen LogP contribution in [0.4, 0.5) is 0 Å². The van der Waals surface area contributed by atoms with Crippen molar-refractivity contribution < 1.29 is 27.5 Å². The van der Waals surface area contributed by atoms with E-state index < -0.39 is 28.2 Å². The van der Waals surface area contributed by atoms with E-state index in [0.717, 1.165) is 25.3 Å². The van der Waals surface area contributed by atoms with E-state index in [-0.39, 0.29) is 49.3 Å². The Hall–Kier alpha value is -3.00. The van der Waals surface area contributed by atoms with Crippen molar-refractivity contribution in [3.63, 3.8) is 0 Å². The van der Waals surface area contributed by atoms with Gasteiger partial charge >= 0.3 is 5.97 Å². The fourth-order valence-electron chi connectivity index (χ4n) is 6.26. The molecule has 1 aliphatic carbocycles. The minimum absolute atomic E-state index is 0.0180. The van der Waals surface area contributed by atoms with Gasteiger partial charge in [-0.25, -0.2) is 13.2 Å². The Labute approximate surface area is 199 Å². The maximum absolute atomic E-state index is 13.1. The summed E-state index contributed by atoms with van der Waals surface area (Å²) in [5, 5.41) is 0. The van der Waals surface area contributed by atoms with E-state index >= 15 is 0 Å². The van der Waals surface area contributed by atoms with Crippen molar-refractivity contribution in [2.75, 3.05) is 13.2 Å². The van der Waals surface area contributed by atoms with Crippen LogP contribution in [0.1, 0.15) is 66.3 Å². The molecule has 2 fully saturated rings. The van der Waals surface area contributed by atoms with Crippen molar-refractivity contribution in [3.05, 3.63) is 59.2 Å². The van der Waals surface area contributed by atoms with Crippen molar-refractivity contribution in [1.29, 1.82) is 0 Å². The summed E-state index contributed by atoms with van der Waals surface area (Å²) < 4.78 is 31.4. The fourth-order valence-corrected chi connectivity index (χ4v) is 7.93. The average Bonchev–Trinajstić information content (AvgIpc) is 3.04. The van der Waals surface area contributed by atoms with Gasteiger partial charge in [-0.05, 0) is 60.4 Å². The second kappa shape index (κ2) is 7.50. The zero-order chi connectivity index (χ0) is 24.5. The van der Waals surface area contributed by atoms with Gasteiger partial charge in [0.1, 0.15) is 0 Å². The number of rotatable bonds is 3. The van der Waals surface area contributed by atoms with Crippen molar-refractivity contribution >= 4 is 27.5 Å². The Kier molecular flexibility index (Phi) is 5.02. The highest BCUT2D eigenvalue weighted by Gasteiger charge is 2.51. The summed E-state index contributed by atoms with van der Waals surface area (Å²) in [5.41, 5.74) is 0.348. The molecule has 3 aliphatic rings. The summed E-state index contributed by atoms with van der Waals surface area (Å²) >= 11 is 0. The van der Waals surface area contributed by atoms with Crippen LogP contribution in [0.15, 0.2) is 52.3 Å². The van der Waals surface area contributed by atoms with E-state index in [9.17, 15) is 22.8 Å². The highest BCUT2D eigenvalue weighted by Crippen LogP contribution is 2.52. The fraction of sp³-hybridized carbons (Fsp3) is 0.423. The molecule has 2 heterocycles. The number of benzene rings is 2. The number of hydrogen-bond acceptors (Lipinski definition) is 6. The molecule has 0 N–H and O–H groups in total. The maximum Gasteiger partial charge on any atom is 0.338 e. The monoisotopic (exact) mass is 481 g/mol.